The third-order valence-electron chi connectivity index (χ3n) is 4.13. The van der Waals surface area contributed by atoms with Crippen molar-refractivity contribution in [2.45, 2.75) is 6.04 Å². The number of ether oxygens (including phenoxy) is 1. The van der Waals surface area contributed by atoms with Crippen LogP contribution in [0.5, 0.6) is 0 Å². The Labute approximate surface area is 144 Å². The summed E-state index contributed by atoms with van der Waals surface area (Å²) in [7, 11) is 0. The van der Waals surface area contributed by atoms with Crippen LogP contribution in [0.3, 0.4) is 0 Å². The minimum absolute atomic E-state index is 0.160. The minimum atomic E-state index is -0.631. The summed E-state index contributed by atoms with van der Waals surface area (Å²) in [6, 6.07) is 18.4. The molecule has 5 heteroatoms. The van der Waals surface area contributed by atoms with Crippen LogP contribution in [0.4, 0.5) is 4.79 Å². The number of carbonyl (C=O) groups excluding carboxylic acids is 2. The highest BCUT2D eigenvalue weighted by Crippen LogP contribution is 2.28. The van der Waals surface area contributed by atoms with Crippen LogP contribution in [-0.4, -0.2) is 23.5 Å². The number of fused-ring (bicyclic) bond motifs is 1. The summed E-state index contributed by atoms with van der Waals surface area (Å²) in [5.41, 5.74) is 1.61. The van der Waals surface area contributed by atoms with Crippen molar-refractivity contribution in [1.82, 2.24) is 4.90 Å². The third-order valence-corrected chi connectivity index (χ3v) is 4.13. The van der Waals surface area contributed by atoms with Crippen LogP contribution in [0, 0.1) is 0 Å². The fourth-order valence-corrected chi connectivity index (χ4v) is 2.90. The lowest BCUT2D eigenvalue weighted by atomic mass is 10.1. The number of amides is 2. The molecule has 2 amide bonds. The zero-order valence-electron chi connectivity index (χ0n) is 13.3. The fraction of sp³-hybridized carbons (Fsp3) is 0.100. The second-order valence-corrected chi connectivity index (χ2v) is 5.73. The van der Waals surface area contributed by atoms with Crippen LogP contribution in [0.1, 0.15) is 17.4 Å². The van der Waals surface area contributed by atoms with E-state index in [1.54, 1.807) is 6.08 Å². The SMILES string of the molecule is O=C(C=Cc1cc2ccccc2o1)N1C(=O)OCC1c1ccccc1. The van der Waals surface area contributed by atoms with E-state index in [1.807, 2.05) is 60.7 Å². The molecule has 1 atom stereocenters. The van der Waals surface area contributed by atoms with Crippen molar-refractivity contribution in [2.24, 2.45) is 0 Å². The summed E-state index contributed by atoms with van der Waals surface area (Å²) >= 11 is 0. The van der Waals surface area contributed by atoms with Gasteiger partial charge in [-0.05, 0) is 23.8 Å². The van der Waals surface area contributed by atoms with Gasteiger partial charge in [0.1, 0.15) is 24.0 Å². The molecule has 124 valence electrons. The lowest BCUT2D eigenvalue weighted by Gasteiger charge is -2.18. The molecule has 1 aliphatic rings. The van der Waals surface area contributed by atoms with Crippen molar-refractivity contribution >= 4 is 29.0 Å². The number of furan rings is 1. The summed E-state index contributed by atoms with van der Waals surface area (Å²) < 4.78 is 10.7. The van der Waals surface area contributed by atoms with Gasteiger partial charge in [0, 0.05) is 11.5 Å². The van der Waals surface area contributed by atoms with Gasteiger partial charge in [-0.25, -0.2) is 9.69 Å². The summed E-state index contributed by atoms with van der Waals surface area (Å²) in [4.78, 5) is 25.6. The molecule has 1 saturated heterocycles. The van der Waals surface area contributed by atoms with Crippen molar-refractivity contribution < 1.29 is 18.7 Å². The van der Waals surface area contributed by atoms with Gasteiger partial charge in [0.2, 0.25) is 0 Å². The number of para-hydroxylation sites is 1. The van der Waals surface area contributed by atoms with Gasteiger partial charge in [0.05, 0.1) is 0 Å². The summed E-state index contributed by atoms with van der Waals surface area (Å²) in [6.45, 7) is 0.160. The number of imide groups is 1. The van der Waals surface area contributed by atoms with Gasteiger partial charge in [-0.1, -0.05) is 48.5 Å². The molecule has 1 aromatic heterocycles. The van der Waals surface area contributed by atoms with Gasteiger partial charge < -0.3 is 9.15 Å². The molecule has 2 heterocycles. The molecular weight excluding hydrogens is 318 g/mol. The quantitative estimate of drug-likeness (QED) is 0.675. The highest BCUT2D eigenvalue weighted by atomic mass is 16.6. The van der Waals surface area contributed by atoms with Crippen LogP contribution in [0.2, 0.25) is 0 Å². The number of nitrogens with zero attached hydrogens (tertiary/aromatic N) is 1. The molecule has 0 spiro atoms. The normalized spacial score (nSPS) is 17.4. The zero-order valence-corrected chi connectivity index (χ0v) is 13.3. The Bertz CT molecular complexity index is 925. The maximum Gasteiger partial charge on any atom is 0.417 e. The maximum absolute atomic E-state index is 12.5. The first-order valence-corrected chi connectivity index (χ1v) is 7.94. The minimum Gasteiger partial charge on any atom is -0.457 e. The molecule has 1 aliphatic heterocycles. The first kappa shape index (κ1) is 15.2. The Morgan fingerprint density at radius 3 is 2.64 bits per heavy atom. The van der Waals surface area contributed by atoms with E-state index < -0.39 is 18.0 Å². The number of rotatable bonds is 3. The monoisotopic (exact) mass is 333 g/mol. The standard InChI is InChI=1S/C20H15NO4/c22-19(11-10-16-12-15-8-4-5-9-18(15)25-16)21-17(13-24-20(21)23)14-6-2-1-3-7-14/h1-12,17H,13H2. The molecule has 0 N–H and O–H groups in total. The van der Waals surface area contributed by atoms with Crippen LogP contribution in [0.25, 0.3) is 17.0 Å². The van der Waals surface area contributed by atoms with Gasteiger partial charge in [0.25, 0.3) is 5.91 Å². The molecule has 2 aromatic carbocycles. The van der Waals surface area contributed by atoms with Crippen LogP contribution in [-0.2, 0) is 9.53 Å². The van der Waals surface area contributed by atoms with Crippen LogP contribution < -0.4 is 0 Å². The number of benzene rings is 2. The molecule has 5 nitrogen and oxygen atoms in total. The van der Waals surface area contributed by atoms with Gasteiger partial charge >= 0.3 is 6.09 Å². The second-order valence-electron chi connectivity index (χ2n) is 5.73. The van der Waals surface area contributed by atoms with E-state index in [1.165, 1.54) is 6.08 Å². The smallest absolute Gasteiger partial charge is 0.417 e. The predicted molar refractivity (Wildman–Crippen MR) is 92.6 cm³/mol. The molecule has 1 fully saturated rings. The average molecular weight is 333 g/mol. The maximum atomic E-state index is 12.5. The van der Waals surface area contributed by atoms with E-state index >= 15 is 0 Å². The second kappa shape index (κ2) is 6.28. The van der Waals surface area contributed by atoms with Gasteiger partial charge in [-0.3, -0.25) is 4.79 Å². The van der Waals surface area contributed by atoms with Crippen LogP contribution in [0.15, 0.2) is 71.2 Å². The molecule has 3 aromatic rings. The van der Waals surface area contributed by atoms with E-state index in [0.717, 1.165) is 21.4 Å². The van der Waals surface area contributed by atoms with Crippen molar-refractivity contribution in [3.63, 3.8) is 0 Å². The first-order chi connectivity index (χ1) is 12.2. The molecular formula is C20H15NO4. The molecule has 0 aliphatic carbocycles. The third kappa shape index (κ3) is 2.92. The van der Waals surface area contributed by atoms with E-state index in [9.17, 15) is 9.59 Å². The molecule has 0 bridgehead atoms. The highest BCUT2D eigenvalue weighted by molar-refractivity contribution is 6.02. The Balaban J connectivity index is 1.57. The number of carbonyl (C=O) groups is 2. The Kier molecular flexibility index (Phi) is 3.82. The average Bonchev–Trinajstić information content (AvgIpc) is 3.23. The first-order valence-electron chi connectivity index (χ1n) is 7.94. The fourth-order valence-electron chi connectivity index (χ4n) is 2.90. The zero-order chi connectivity index (χ0) is 17.2. The summed E-state index contributed by atoms with van der Waals surface area (Å²) in [5.74, 6) is 0.121. The van der Waals surface area contributed by atoms with E-state index in [2.05, 4.69) is 0 Å². The molecule has 1 unspecified atom stereocenters. The number of cyclic esters (lactones) is 1. The van der Waals surface area contributed by atoms with Gasteiger partial charge in [0.15, 0.2) is 0 Å². The van der Waals surface area contributed by atoms with Crippen LogP contribution >= 0.6 is 0 Å². The highest BCUT2D eigenvalue weighted by Gasteiger charge is 2.37. The summed E-state index contributed by atoms with van der Waals surface area (Å²) in [5, 5.41) is 0.956. The summed E-state index contributed by atoms with van der Waals surface area (Å²) in [6.07, 6.45) is 2.27. The van der Waals surface area contributed by atoms with Crippen molar-refractivity contribution in [1.29, 1.82) is 0 Å². The van der Waals surface area contributed by atoms with Crippen molar-refractivity contribution in [3.05, 3.63) is 78.1 Å². The van der Waals surface area contributed by atoms with Gasteiger partial charge in [-0.2, -0.15) is 0 Å². The lowest BCUT2D eigenvalue weighted by Crippen LogP contribution is -2.32. The Morgan fingerprint density at radius 1 is 1.08 bits per heavy atom. The topological polar surface area (TPSA) is 59.8 Å². The molecule has 0 radical (unpaired) electrons. The molecule has 25 heavy (non-hydrogen) atoms. The van der Waals surface area contributed by atoms with E-state index in [4.69, 9.17) is 9.15 Å². The number of hydrogen-bond donors (Lipinski definition) is 0. The Morgan fingerprint density at radius 2 is 1.84 bits per heavy atom. The number of hydrogen-bond acceptors (Lipinski definition) is 4. The molecule has 4 rings (SSSR count). The van der Waals surface area contributed by atoms with Crippen molar-refractivity contribution in [2.75, 3.05) is 6.61 Å². The van der Waals surface area contributed by atoms with Gasteiger partial charge in [-0.15, -0.1) is 0 Å². The predicted octanol–water partition coefficient (Wildman–Crippen LogP) is 4.17. The molecule has 0 saturated carbocycles. The van der Waals surface area contributed by atoms with E-state index in [0.29, 0.717) is 5.76 Å². The lowest BCUT2D eigenvalue weighted by molar-refractivity contribution is -0.124. The largest absolute Gasteiger partial charge is 0.457 e. The van der Waals surface area contributed by atoms with E-state index in [-0.39, 0.29) is 6.61 Å². The Hall–Kier alpha value is -3.34. The van der Waals surface area contributed by atoms with Crippen molar-refractivity contribution in [3.8, 4) is 0 Å².